The molecule has 0 bridgehead atoms. The van der Waals surface area contributed by atoms with E-state index in [4.69, 9.17) is 5.73 Å². The fraction of sp³-hybridized carbons (Fsp3) is 0.500. The second kappa shape index (κ2) is 6.37. The third-order valence-electron chi connectivity index (χ3n) is 3.48. The van der Waals surface area contributed by atoms with E-state index in [0.29, 0.717) is 10.2 Å². The molecule has 104 valence electrons. The standard InChI is InChI=1S/C14H18BrFN2O/c15-10-8-11(16)13(14(17)19)12(9-10)18-6-4-2-1-3-5-7-18/h8-9H,1-7H2,(H2,17,19). The van der Waals surface area contributed by atoms with Crippen LogP contribution in [0, 0.1) is 5.82 Å². The topological polar surface area (TPSA) is 46.3 Å². The summed E-state index contributed by atoms with van der Waals surface area (Å²) in [5.41, 5.74) is 5.94. The van der Waals surface area contributed by atoms with Gasteiger partial charge in [0.2, 0.25) is 0 Å². The van der Waals surface area contributed by atoms with E-state index in [1.807, 2.05) is 0 Å². The number of primary amides is 1. The number of rotatable bonds is 2. The molecule has 0 unspecified atom stereocenters. The molecule has 0 atom stereocenters. The Hall–Kier alpha value is -1.10. The van der Waals surface area contributed by atoms with Crippen LogP contribution in [-0.4, -0.2) is 19.0 Å². The molecule has 0 aliphatic carbocycles. The Morgan fingerprint density at radius 3 is 2.32 bits per heavy atom. The minimum absolute atomic E-state index is 0.00349. The van der Waals surface area contributed by atoms with Gasteiger partial charge in [-0.3, -0.25) is 4.79 Å². The second-order valence-corrected chi connectivity index (χ2v) is 5.82. The molecular formula is C14H18BrFN2O. The van der Waals surface area contributed by atoms with Gasteiger partial charge < -0.3 is 10.6 Å². The number of hydrogen-bond acceptors (Lipinski definition) is 2. The summed E-state index contributed by atoms with van der Waals surface area (Å²) in [5, 5.41) is 0. The smallest absolute Gasteiger partial charge is 0.253 e. The summed E-state index contributed by atoms with van der Waals surface area (Å²) in [6, 6.07) is 3.07. The highest BCUT2D eigenvalue weighted by molar-refractivity contribution is 9.10. The Morgan fingerprint density at radius 1 is 1.16 bits per heavy atom. The van der Waals surface area contributed by atoms with Gasteiger partial charge in [-0.2, -0.15) is 0 Å². The molecular weight excluding hydrogens is 311 g/mol. The molecule has 1 aliphatic heterocycles. The summed E-state index contributed by atoms with van der Waals surface area (Å²) in [7, 11) is 0. The SMILES string of the molecule is NC(=O)c1c(F)cc(Br)cc1N1CCCCCCC1. The van der Waals surface area contributed by atoms with E-state index in [2.05, 4.69) is 20.8 Å². The van der Waals surface area contributed by atoms with Crippen LogP contribution in [0.4, 0.5) is 10.1 Å². The van der Waals surface area contributed by atoms with Crippen LogP contribution in [0.25, 0.3) is 0 Å². The van der Waals surface area contributed by atoms with Crippen molar-refractivity contribution in [2.45, 2.75) is 32.1 Å². The van der Waals surface area contributed by atoms with E-state index < -0.39 is 11.7 Å². The normalized spacial score (nSPS) is 16.8. The molecule has 0 saturated carbocycles. The van der Waals surface area contributed by atoms with E-state index in [0.717, 1.165) is 25.9 Å². The van der Waals surface area contributed by atoms with Gasteiger partial charge >= 0.3 is 0 Å². The van der Waals surface area contributed by atoms with Crippen molar-refractivity contribution < 1.29 is 9.18 Å². The van der Waals surface area contributed by atoms with Crippen molar-refractivity contribution in [2.75, 3.05) is 18.0 Å². The lowest BCUT2D eigenvalue weighted by Crippen LogP contribution is -2.30. The number of benzene rings is 1. The van der Waals surface area contributed by atoms with Crippen molar-refractivity contribution in [2.24, 2.45) is 5.73 Å². The third kappa shape index (κ3) is 3.47. The maximum absolute atomic E-state index is 13.9. The highest BCUT2D eigenvalue weighted by Gasteiger charge is 2.20. The van der Waals surface area contributed by atoms with Gasteiger partial charge in [0.15, 0.2) is 0 Å². The van der Waals surface area contributed by atoms with Crippen molar-refractivity contribution in [1.29, 1.82) is 0 Å². The lowest BCUT2D eigenvalue weighted by molar-refractivity contribution is 0.0997. The maximum Gasteiger partial charge on any atom is 0.253 e. The summed E-state index contributed by atoms with van der Waals surface area (Å²) in [5.74, 6) is -1.26. The van der Waals surface area contributed by atoms with Crippen molar-refractivity contribution in [1.82, 2.24) is 0 Å². The number of carbonyl (C=O) groups excluding carboxylic acids is 1. The zero-order valence-electron chi connectivity index (χ0n) is 10.8. The zero-order chi connectivity index (χ0) is 13.8. The molecule has 0 radical (unpaired) electrons. The molecule has 1 saturated heterocycles. The molecule has 1 heterocycles. The van der Waals surface area contributed by atoms with Crippen LogP contribution in [0.2, 0.25) is 0 Å². The molecule has 1 fully saturated rings. The van der Waals surface area contributed by atoms with Crippen LogP contribution in [-0.2, 0) is 0 Å². The van der Waals surface area contributed by atoms with E-state index in [1.165, 1.54) is 25.3 Å². The molecule has 2 N–H and O–H groups in total. The number of halogens is 2. The Kier molecular flexibility index (Phi) is 4.80. The van der Waals surface area contributed by atoms with Gasteiger partial charge in [0.05, 0.1) is 11.3 Å². The van der Waals surface area contributed by atoms with Gasteiger partial charge in [0, 0.05) is 17.6 Å². The van der Waals surface area contributed by atoms with Gasteiger partial charge in [0.1, 0.15) is 5.82 Å². The molecule has 5 heteroatoms. The number of hydrogen-bond donors (Lipinski definition) is 1. The van der Waals surface area contributed by atoms with Gasteiger partial charge in [-0.1, -0.05) is 35.2 Å². The Balaban J connectivity index is 2.38. The van der Waals surface area contributed by atoms with E-state index in [1.54, 1.807) is 6.07 Å². The summed E-state index contributed by atoms with van der Waals surface area (Å²) in [6.07, 6.45) is 5.74. The fourth-order valence-corrected chi connectivity index (χ4v) is 2.96. The summed E-state index contributed by atoms with van der Waals surface area (Å²) < 4.78 is 14.6. The first-order valence-corrected chi connectivity index (χ1v) is 7.42. The quantitative estimate of drug-likeness (QED) is 0.903. The third-order valence-corrected chi connectivity index (χ3v) is 3.94. The lowest BCUT2D eigenvalue weighted by Gasteiger charge is -2.28. The van der Waals surface area contributed by atoms with Crippen molar-refractivity contribution in [3.63, 3.8) is 0 Å². The number of nitrogens with zero attached hydrogens (tertiary/aromatic N) is 1. The monoisotopic (exact) mass is 328 g/mol. The van der Waals surface area contributed by atoms with Crippen molar-refractivity contribution in [3.8, 4) is 0 Å². The molecule has 19 heavy (non-hydrogen) atoms. The molecule has 2 rings (SSSR count). The number of anilines is 1. The molecule has 1 amide bonds. The van der Waals surface area contributed by atoms with Gasteiger partial charge in [-0.05, 0) is 25.0 Å². The van der Waals surface area contributed by atoms with Gasteiger partial charge in [-0.25, -0.2) is 4.39 Å². The molecule has 1 aliphatic rings. The Labute approximate surface area is 121 Å². The molecule has 1 aromatic rings. The summed E-state index contributed by atoms with van der Waals surface area (Å²) in [4.78, 5) is 13.6. The van der Waals surface area contributed by atoms with E-state index >= 15 is 0 Å². The van der Waals surface area contributed by atoms with E-state index in [-0.39, 0.29) is 5.56 Å². The minimum Gasteiger partial charge on any atom is -0.371 e. The minimum atomic E-state index is -0.706. The molecule has 0 aromatic heterocycles. The predicted octanol–water partition coefficient (Wildman–Crippen LogP) is 3.46. The van der Waals surface area contributed by atoms with Crippen LogP contribution in [0.1, 0.15) is 42.5 Å². The highest BCUT2D eigenvalue weighted by Crippen LogP contribution is 2.29. The summed E-state index contributed by atoms with van der Waals surface area (Å²) >= 11 is 3.28. The van der Waals surface area contributed by atoms with Crippen LogP contribution in [0.3, 0.4) is 0 Å². The second-order valence-electron chi connectivity index (χ2n) is 4.90. The van der Waals surface area contributed by atoms with Crippen LogP contribution < -0.4 is 10.6 Å². The van der Waals surface area contributed by atoms with Gasteiger partial charge in [-0.15, -0.1) is 0 Å². The first kappa shape index (κ1) is 14.3. The number of carbonyl (C=O) groups is 1. The predicted molar refractivity (Wildman–Crippen MR) is 77.9 cm³/mol. The van der Waals surface area contributed by atoms with Gasteiger partial charge in [0.25, 0.3) is 5.91 Å². The first-order chi connectivity index (χ1) is 9.09. The number of nitrogens with two attached hydrogens (primary N) is 1. The molecule has 3 nitrogen and oxygen atoms in total. The van der Waals surface area contributed by atoms with Crippen molar-refractivity contribution >= 4 is 27.5 Å². The summed E-state index contributed by atoms with van der Waals surface area (Å²) in [6.45, 7) is 1.69. The zero-order valence-corrected chi connectivity index (χ0v) is 12.4. The maximum atomic E-state index is 13.9. The van der Waals surface area contributed by atoms with Crippen molar-refractivity contribution in [3.05, 3.63) is 28.0 Å². The van der Waals surface area contributed by atoms with Crippen LogP contribution >= 0.6 is 15.9 Å². The Morgan fingerprint density at radius 2 is 1.74 bits per heavy atom. The number of amides is 1. The Bertz CT molecular complexity index is 471. The lowest BCUT2D eigenvalue weighted by atomic mass is 10.1. The molecule has 1 aromatic carbocycles. The average Bonchev–Trinajstić information content (AvgIpc) is 2.26. The first-order valence-electron chi connectivity index (χ1n) is 6.63. The highest BCUT2D eigenvalue weighted by atomic mass is 79.9. The van der Waals surface area contributed by atoms with Crippen LogP contribution in [0.15, 0.2) is 16.6 Å². The van der Waals surface area contributed by atoms with Crippen LogP contribution in [0.5, 0.6) is 0 Å². The molecule has 0 spiro atoms. The van der Waals surface area contributed by atoms with E-state index in [9.17, 15) is 9.18 Å². The largest absolute Gasteiger partial charge is 0.371 e. The average molecular weight is 329 g/mol. The fourth-order valence-electron chi connectivity index (χ4n) is 2.54.